The molecule has 0 aliphatic rings. The van der Waals surface area contributed by atoms with E-state index in [9.17, 15) is 9.59 Å². The van der Waals surface area contributed by atoms with Crippen molar-refractivity contribution in [2.24, 2.45) is 0 Å². The monoisotopic (exact) mass is 337 g/mol. The van der Waals surface area contributed by atoms with Crippen molar-refractivity contribution in [2.45, 2.75) is 96.9 Å². The van der Waals surface area contributed by atoms with E-state index in [1.54, 1.807) is 14.0 Å². The molecule has 132 valence electrons. The summed E-state index contributed by atoms with van der Waals surface area (Å²) in [6.07, 6.45) is 14.0. The molecule has 0 aromatic heterocycles. The Morgan fingerprint density at radius 2 is 1.35 bits per heavy atom. The number of likely N-dealkylation sites (N-methyl/N-ethyl adjacent to an activating group) is 1. The van der Waals surface area contributed by atoms with Crippen LogP contribution in [0.4, 0.5) is 0 Å². The second-order valence-electron chi connectivity index (χ2n) is 6.09. The summed E-state index contributed by atoms with van der Waals surface area (Å²) in [7, 11) is 1.67. The SMILES string of the molecule is CCCCCCCCCCCCCC(=O)OC(=O)C(C)NC.[H-].[Na+]. The van der Waals surface area contributed by atoms with Crippen molar-refractivity contribution in [2.75, 3.05) is 7.05 Å². The van der Waals surface area contributed by atoms with E-state index in [4.69, 9.17) is 4.74 Å². The van der Waals surface area contributed by atoms with Crippen LogP contribution in [0.3, 0.4) is 0 Å². The molecular formula is C18H36NNaO3. The van der Waals surface area contributed by atoms with Gasteiger partial charge >= 0.3 is 41.5 Å². The van der Waals surface area contributed by atoms with Gasteiger partial charge in [0.05, 0.1) is 0 Å². The second-order valence-corrected chi connectivity index (χ2v) is 6.09. The molecule has 0 aromatic carbocycles. The number of ether oxygens (including phenoxy) is 1. The summed E-state index contributed by atoms with van der Waals surface area (Å²) in [5, 5.41) is 2.76. The van der Waals surface area contributed by atoms with E-state index >= 15 is 0 Å². The standard InChI is InChI=1S/C18H35NO3.Na.H/c1-4-5-6-7-8-9-10-11-12-13-14-15-17(20)22-18(21)16(2)19-3;;/h16,19H,4-15H2,1-3H3;;/q;+1;-1. The zero-order chi connectivity index (χ0) is 16.6. The van der Waals surface area contributed by atoms with Crippen LogP contribution < -0.4 is 34.9 Å². The van der Waals surface area contributed by atoms with Crippen molar-refractivity contribution in [3.63, 3.8) is 0 Å². The first-order chi connectivity index (χ1) is 10.6. The summed E-state index contributed by atoms with van der Waals surface area (Å²) >= 11 is 0. The molecule has 0 heterocycles. The summed E-state index contributed by atoms with van der Waals surface area (Å²) in [5.74, 6) is -0.890. The second kappa shape index (κ2) is 18.4. The van der Waals surface area contributed by atoms with Crippen LogP contribution in [0.15, 0.2) is 0 Å². The van der Waals surface area contributed by atoms with E-state index in [2.05, 4.69) is 12.2 Å². The Kier molecular flexibility index (Phi) is 20.3. The number of unbranched alkanes of at least 4 members (excludes halogenated alkanes) is 10. The average Bonchev–Trinajstić information content (AvgIpc) is 2.51. The van der Waals surface area contributed by atoms with Gasteiger partial charge in [0, 0.05) is 6.42 Å². The van der Waals surface area contributed by atoms with Gasteiger partial charge in [0.1, 0.15) is 6.04 Å². The van der Waals surface area contributed by atoms with Gasteiger partial charge in [0.2, 0.25) is 0 Å². The molecule has 5 heteroatoms. The van der Waals surface area contributed by atoms with Crippen molar-refractivity contribution >= 4 is 11.9 Å². The van der Waals surface area contributed by atoms with Gasteiger partial charge in [-0.1, -0.05) is 71.1 Å². The fraction of sp³-hybridized carbons (Fsp3) is 0.889. The number of nitrogens with one attached hydrogen (secondary N) is 1. The predicted molar refractivity (Wildman–Crippen MR) is 91.8 cm³/mol. The molecule has 0 rings (SSSR count). The zero-order valence-corrected chi connectivity index (χ0v) is 17.8. The Labute approximate surface area is 166 Å². The minimum Gasteiger partial charge on any atom is -1.00 e. The number of rotatable bonds is 14. The molecule has 0 fully saturated rings. The van der Waals surface area contributed by atoms with Crippen LogP contribution in [0.25, 0.3) is 0 Å². The molecule has 0 saturated carbocycles. The van der Waals surface area contributed by atoms with Crippen molar-refractivity contribution in [3.05, 3.63) is 0 Å². The largest absolute Gasteiger partial charge is 1.00 e. The maximum Gasteiger partial charge on any atom is 1.00 e. The normalized spacial score (nSPS) is 11.6. The molecule has 0 bridgehead atoms. The third-order valence-electron chi connectivity index (χ3n) is 3.99. The van der Waals surface area contributed by atoms with Crippen LogP contribution in [0.1, 0.15) is 92.3 Å². The van der Waals surface area contributed by atoms with E-state index in [1.807, 2.05) is 0 Å². The molecule has 0 radical (unpaired) electrons. The van der Waals surface area contributed by atoms with Crippen molar-refractivity contribution in [3.8, 4) is 0 Å². The van der Waals surface area contributed by atoms with Crippen LogP contribution in [-0.4, -0.2) is 25.0 Å². The molecule has 0 aliphatic heterocycles. The summed E-state index contributed by atoms with van der Waals surface area (Å²) < 4.78 is 4.75. The van der Waals surface area contributed by atoms with Crippen LogP contribution in [-0.2, 0) is 14.3 Å². The van der Waals surface area contributed by atoms with Crippen molar-refractivity contribution in [1.29, 1.82) is 0 Å². The first kappa shape index (κ1) is 25.3. The van der Waals surface area contributed by atoms with Crippen molar-refractivity contribution < 1.29 is 45.3 Å². The van der Waals surface area contributed by atoms with E-state index < -0.39 is 18.0 Å². The smallest absolute Gasteiger partial charge is 1.00 e. The number of hydrogen-bond donors (Lipinski definition) is 1. The third kappa shape index (κ3) is 16.7. The maximum absolute atomic E-state index is 11.5. The van der Waals surface area contributed by atoms with E-state index in [0.29, 0.717) is 6.42 Å². The molecule has 0 aromatic rings. The minimum absolute atomic E-state index is 0. The van der Waals surface area contributed by atoms with Gasteiger partial charge in [0.15, 0.2) is 0 Å². The molecule has 1 N–H and O–H groups in total. The van der Waals surface area contributed by atoms with Crippen LogP contribution in [0.5, 0.6) is 0 Å². The molecule has 0 spiro atoms. The Bertz CT molecular complexity index is 304. The quantitative estimate of drug-likeness (QED) is 0.226. The summed E-state index contributed by atoms with van der Waals surface area (Å²) in [6, 6.07) is -0.429. The fourth-order valence-corrected chi connectivity index (χ4v) is 2.30. The molecule has 23 heavy (non-hydrogen) atoms. The van der Waals surface area contributed by atoms with Crippen molar-refractivity contribution in [1.82, 2.24) is 5.32 Å². The maximum atomic E-state index is 11.5. The number of hydrogen-bond acceptors (Lipinski definition) is 4. The third-order valence-corrected chi connectivity index (χ3v) is 3.99. The Balaban J connectivity index is -0.00000220. The summed E-state index contributed by atoms with van der Waals surface area (Å²) in [4.78, 5) is 22.8. The predicted octanol–water partition coefficient (Wildman–Crippen LogP) is 1.48. The van der Waals surface area contributed by atoms with Gasteiger partial charge in [-0.3, -0.25) is 4.79 Å². The van der Waals surface area contributed by atoms with Gasteiger partial charge in [-0.15, -0.1) is 0 Å². The molecular weight excluding hydrogens is 301 g/mol. The molecule has 1 atom stereocenters. The van der Waals surface area contributed by atoms with Crippen LogP contribution in [0, 0.1) is 0 Å². The van der Waals surface area contributed by atoms with Gasteiger partial charge < -0.3 is 11.5 Å². The average molecular weight is 337 g/mol. The molecule has 0 amide bonds. The van der Waals surface area contributed by atoms with E-state index in [0.717, 1.165) is 12.8 Å². The zero-order valence-electron chi connectivity index (χ0n) is 16.8. The van der Waals surface area contributed by atoms with Gasteiger partial charge in [0.25, 0.3) is 0 Å². The van der Waals surface area contributed by atoms with Crippen LogP contribution >= 0.6 is 0 Å². The van der Waals surface area contributed by atoms with Gasteiger partial charge in [-0.2, -0.15) is 0 Å². The van der Waals surface area contributed by atoms with Crippen LogP contribution in [0.2, 0.25) is 0 Å². The Morgan fingerprint density at radius 1 is 0.913 bits per heavy atom. The molecule has 1 unspecified atom stereocenters. The van der Waals surface area contributed by atoms with Gasteiger partial charge in [-0.05, 0) is 20.4 Å². The van der Waals surface area contributed by atoms with E-state index in [1.165, 1.54) is 57.8 Å². The Hall–Kier alpha value is 0.1000. The summed E-state index contributed by atoms with van der Waals surface area (Å²) in [5.41, 5.74) is 0. The fourth-order valence-electron chi connectivity index (χ4n) is 2.30. The summed E-state index contributed by atoms with van der Waals surface area (Å²) in [6.45, 7) is 3.92. The topological polar surface area (TPSA) is 55.4 Å². The molecule has 4 nitrogen and oxygen atoms in total. The first-order valence-electron chi connectivity index (χ1n) is 9.03. The van der Waals surface area contributed by atoms with Gasteiger partial charge in [-0.25, -0.2) is 4.79 Å². The van der Waals surface area contributed by atoms with E-state index in [-0.39, 0.29) is 31.0 Å². The number of carbonyl (C=O) groups is 2. The molecule has 0 aliphatic carbocycles. The number of carbonyl (C=O) groups excluding carboxylic acids is 2. The minimum atomic E-state index is -0.490. The Morgan fingerprint density at radius 3 is 1.78 bits per heavy atom. The molecule has 0 saturated heterocycles. The number of esters is 2. The first-order valence-corrected chi connectivity index (χ1v) is 9.03.